The van der Waals surface area contributed by atoms with Crippen LogP contribution in [0.1, 0.15) is 31.2 Å². The van der Waals surface area contributed by atoms with Gasteiger partial charge in [-0.05, 0) is 56.4 Å². The van der Waals surface area contributed by atoms with Gasteiger partial charge in [-0.25, -0.2) is 0 Å². The van der Waals surface area contributed by atoms with Gasteiger partial charge in [-0.3, -0.25) is 4.79 Å². The SMILES string of the molecule is Cc1cc(N(C)C2CCC(C(=O)O)CC2)ccc1Br. The van der Waals surface area contributed by atoms with Crippen molar-refractivity contribution in [2.24, 2.45) is 5.92 Å². The van der Waals surface area contributed by atoms with Crippen molar-refractivity contribution >= 4 is 27.6 Å². The smallest absolute Gasteiger partial charge is 0.306 e. The highest BCUT2D eigenvalue weighted by atomic mass is 79.9. The highest BCUT2D eigenvalue weighted by molar-refractivity contribution is 9.10. The van der Waals surface area contributed by atoms with Crippen molar-refractivity contribution in [1.29, 1.82) is 0 Å². The number of hydrogen-bond donors (Lipinski definition) is 1. The van der Waals surface area contributed by atoms with Gasteiger partial charge < -0.3 is 10.0 Å². The lowest BCUT2D eigenvalue weighted by molar-refractivity contribution is -0.142. The quantitative estimate of drug-likeness (QED) is 0.917. The summed E-state index contributed by atoms with van der Waals surface area (Å²) in [6, 6.07) is 6.81. The number of carboxylic acids is 1. The second kappa shape index (κ2) is 5.95. The van der Waals surface area contributed by atoms with Crippen LogP contribution in [0.25, 0.3) is 0 Å². The molecule has 0 saturated heterocycles. The van der Waals surface area contributed by atoms with Crippen molar-refractivity contribution in [3.05, 3.63) is 28.2 Å². The Hall–Kier alpha value is -1.03. The molecule has 1 aromatic carbocycles. The summed E-state index contributed by atoms with van der Waals surface area (Å²) in [7, 11) is 2.11. The second-order valence-corrected chi connectivity index (χ2v) is 6.24. The summed E-state index contributed by atoms with van der Waals surface area (Å²) in [5.41, 5.74) is 2.43. The lowest BCUT2D eigenvalue weighted by atomic mass is 9.85. The summed E-state index contributed by atoms with van der Waals surface area (Å²) >= 11 is 3.51. The van der Waals surface area contributed by atoms with E-state index in [1.807, 2.05) is 0 Å². The Kier molecular flexibility index (Phi) is 4.50. The van der Waals surface area contributed by atoms with E-state index in [1.54, 1.807) is 0 Å². The van der Waals surface area contributed by atoms with Crippen LogP contribution in [0.2, 0.25) is 0 Å². The Bertz CT molecular complexity index is 467. The van der Waals surface area contributed by atoms with E-state index in [0.29, 0.717) is 6.04 Å². The standard InChI is InChI=1S/C15H20BrNO2/c1-10-9-13(7-8-14(10)16)17(2)12-5-3-11(4-6-12)15(18)19/h7-9,11-12H,3-6H2,1-2H3,(H,18,19). The Morgan fingerprint density at radius 1 is 1.32 bits per heavy atom. The molecule has 1 saturated carbocycles. The number of aryl methyl sites for hydroxylation is 1. The van der Waals surface area contributed by atoms with Crippen molar-refractivity contribution in [3.8, 4) is 0 Å². The first-order valence-corrected chi connectivity index (χ1v) is 7.50. The lowest BCUT2D eigenvalue weighted by Gasteiger charge is -2.35. The maximum Gasteiger partial charge on any atom is 0.306 e. The number of nitrogens with zero attached hydrogens (tertiary/aromatic N) is 1. The molecule has 1 N–H and O–H groups in total. The van der Waals surface area contributed by atoms with Crippen LogP contribution in [0.4, 0.5) is 5.69 Å². The molecule has 1 aromatic rings. The molecule has 1 aliphatic rings. The fourth-order valence-corrected chi connectivity index (χ4v) is 3.02. The van der Waals surface area contributed by atoms with Crippen LogP contribution in [0.3, 0.4) is 0 Å². The zero-order valence-corrected chi connectivity index (χ0v) is 13.0. The van der Waals surface area contributed by atoms with Gasteiger partial charge in [0.15, 0.2) is 0 Å². The molecule has 0 atom stereocenters. The molecule has 0 aliphatic heterocycles. The first-order valence-electron chi connectivity index (χ1n) is 6.71. The van der Waals surface area contributed by atoms with Crippen LogP contribution in [0.5, 0.6) is 0 Å². The van der Waals surface area contributed by atoms with Crippen molar-refractivity contribution in [1.82, 2.24) is 0 Å². The third kappa shape index (κ3) is 3.30. The second-order valence-electron chi connectivity index (χ2n) is 5.39. The van der Waals surface area contributed by atoms with E-state index in [4.69, 9.17) is 5.11 Å². The van der Waals surface area contributed by atoms with Gasteiger partial charge in [-0.2, -0.15) is 0 Å². The lowest BCUT2D eigenvalue weighted by Crippen LogP contribution is -2.36. The molecule has 1 aliphatic carbocycles. The van der Waals surface area contributed by atoms with Crippen LogP contribution in [-0.2, 0) is 4.79 Å². The summed E-state index contributed by atoms with van der Waals surface area (Å²) in [6.45, 7) is 2.09. The fraction of sp³-hybridized carbons (Fsp3) is 0.533. The predicted octanol–water partition coefficient (Wildman–Crippen LogP) is 3.84. The van der Waals surface area contributed by atoms with Gasteiger partial charge in [0.05, 0.1) is 5.92 Å². The van der Waals surface area contributed by atoms with Gasteiger partial charge in [0.1, 0.15) is 0 Å². The Balaban J connectivity index is 2.02. The van der Waals surface area contributed by atoms with Crippen molar-refractivity contribution in [2.75, 3.05) is 11.9 Å². The number of halogens is 1. The molecular formula is C15H20BrNO2. The minimum Gasteiger partial charge on any atom is -0.481 e. The largest absolute Gasteiger partial charge is 0.481 e. The van der Waals surface area contributed by atoms with Crippen molar-refractivity contribution < 1.29 is 9.90 Å². The number of aliphatic carboxylic acids is 1. The van der Waals surface area contributed by atoms with Crippen molar-refractivity contribution in [2.45, 2.75) is 38.6 Å². The van der Waals surface area contributed by atoms with E-state index in [-0.39, 0.29) is 5.92 Å². The maximum atomic E-state index is 11.0. The van der Waals surface area contributed by atoms with Gasteiger partial charge in [0, 0.05) is 23.2 Å². The third-order valence-electron chi connectivity index (χ3n) is 4.14. The molecule has 0 aromatic heterocycles. The molecule has 0 heterocycles. The Labute approximate surface area is 122 Å². The summed E-state index contributed by atoms with van der Waals surface area (Å²) < 4.78 is 1.12. The molecule has 19 heavy (non-hydrogen) atoms. The number of hydrogen-bond acceptors (Lipinski definition) is 2. The van der Waals surface area contributed by atoms with Gasteiger partial charge in [0.25, 0.3) is 0 Å². The molecule has 0 radical (unpaired) electrons. The van der Waals surface area contributed by atoms with Gasteiger partial charge in [-0.15, -0.1) is 0 Å². The van der Waals surface area contributed by atoms with E-state index in [0.717, 1.165) is 30.2 Å². The highest BCUT2D eigenvalue weighted by Crippen LogP contribution is 2.31. The summed E-state index contributed by atoms with van der Waals surface area (Å²) in [5.74, 6) is -0.781. The molecule has 0 amide bonds. The molecule has 4 heteroatoms. The molecule has 104 valence electrons. The topological polar surface area (TPSA) is 40.5 Å². The number of carbonyl (C=O) groups is 1. The van der Waals surface area contributed by atoms with Crippen LogP contribution in [0, 0.1) is 12.8 Å². The molecular weight excluding hydrogens is 306 g/mol. The van der Waals surface area contributed by atoms with Gasteiger partial charge in [-0.1, -0.05) is 15.9 Å². The van der Waals surface area contributed by atoms with E-state index >= 15 is 0 Å². The number of anilines is 1. The summed E-state index contributed by atoms with van der Waals surface area (Å²) in [4.78, 5) is 13.3. The average Bonchev–Trinajstić information content (AvgIpc) is 2.41. The van der Waals surface area contributed by atoms with Crippen molar-refractivity contribution in [3.63, 3.8) is 0 Å². The number of rotatable bonds is 3. The van der Waals surface area contributed by atoms with Crippen LogP contribution >= 0.6 is 15.9 Å². The minimum absolute atomic E-state index is 0.142. The third-order valence-corrected chi connectivity index (χ3v) is 5.03. The van der Waals surface area contributed by atoms with E-state index in [1.165, 1.54) is 11.3 Å². The normalized spacial score (nSPS) is 23.1. The number of carboxylic acid groups (broad SMARTS) is 1. The van der Waals surface area contributed by atoms with E-state index in [2.05, 4.69) is 53.0 Å². The molecule has 0 bridgehead atoms. The van der Waals surface area contributed by atoms with Gasteiger partial charge in [0.2, 0.25) is 0 Å². The first-order chi connectivity index (χ1) is 8.99. The maximum absolute atomic E-state index is 11.0. The molecule has 3 nitrogen and oxygen atoms in total. The summed E-state index contributed by atoms with van der Waals surface area (Å²) in [5, 5.41) is 9.03. The van der Waals surface area contributed by atoms with Crippen LogP contribution < -0.4 is 4.90 Å². The van der Waals surface area contributed by atoms with Gasteiger partial charge >= 0.3 is 5.97 Å². The zero-order valence-electron chi connectivity index (χ0n) is 11.4. The number of benzene rings is 1. The average molecular weight is 326 g/mol. The molecule has 0 spiro atoms. The Morgan fingerprint density at radius 3 is 2.47 bits per heavy atom. The van der Waals surface area contributed by atoms with E-state index in [9.17, 15) is 4.79 Å². The minimum atomic E-state index is -0.638. The molecule has 0 unspecified atom stereocenters. The predicted molar refractivity (Wildman–Crippen MR) is 80.7 cm³/mol. The molecule has 2 rings (SSSR count). The monoisotopic (exact) mass is 325 g/mol. The first kappa shape index (κ1) is 14.4. The van der Waals surface area contributed by atoms with Crippen LogP contribution in [0.15, 0.2) is 22.7 Å². The van der Waals surface area contributed by atoms with Crippen LogP contribution in [-0.4, -0.2) is 24.2 Å². The summed E-state index contributed by atoms with van der Waals surface area (Å²) in [6.07, 6.45) is 3.50. The fourth-order valence-electron chi connectivity index (χ4n) is 2.77. The van der Waals surface area contributed by atoms with E-state index < -0.39 is 5.97 Å². The Morgan fingerprint density at radius 2 is 1.95 bits per heavy atom. The zero-order chi connectivity index (χ0) is 14.0. The highest BCUT2D eigenvalue weighted by Gasteiger charge is 2.28. The molecule has 1 fully saturated rings.